The molecule has 6 nitrogen and oxygen atoms in total. The molecule has 1 amide bonds. The Hall–Kier alpha value is -1.38. The van der Waals surface area contributed by atoms with Crippen molar-refractivity contribution in [1.29, 1.82) is 0 Å². The quantitative estimate of drug-likeness (QED) is 0.487. The Morgan fingerprint density at radius 1 is 1.32 bits per heavy atom. The number of guanidine groups is 1. The number of halogens is 1. The molecular formula is C12H20IN5O. The number of anilines is 1. The van der Waals surface area contributed by atoms with Crippen LogP contribution in [-0.2, 0) is 4.79 Å². The highest BCUT2D eigenvalue weighted by Crippen LogP contribution is 2.02. The van der Waals surface area contributed by atoms with Crippen LogP contribution in [0.4, 0.5) is 5.69 Å². The second kappa shape index (κ2) is 8.68. The topological polar surface area (TPSA) is 60.8 Å². The van der Waals surface area contributed by atoms with E-state index < -0.39 is 0 Å². The van der Waals surface area contributed by atoms with Crippen molar-refractivity contribution in [2.24, 2.45) is 4.99 Å². The van der Waals surface area contributed by atoms with Crippen LogP contribution in [-0.4, -0.2) is 61.4 Å². The number of nitrogens with one attached hydrogen (secondary N) is 1. The van der Waals surface area contributed by atoms with Gasteiger partial charge in [0.1, 0.15) is 6.54 Å². The average Bonchev–Trinajstić information content (AvgIpc) is 2.29. The summed E-state index contributed by atoms with van der Waals surface area (Å²) < 4.78 is 0. The van der Waals surface area contributed by atoms with Crippen LogP contribution in [0.5, 0.6) is 0 Å². The van der Waals surface area contributed by atoms with Gasteiger partial charge in [0.2, 0.25) is 5.91 Å². The van der Waals surface area contributed by atoms with Crippen molar-refractivity contribution in [3.63, 3.8) is 0 Å². The number of pyridine rings is 1. The van der Waals surface area contributed by atoms with Crippen molar-refractivity contribution in [3.05, 3.63) is 24.5 Å². The summed E-state index contributed by atoms with van der Waals surface area (Å²) >= 11 is 0. The van der Waals surface area contributed by atoms with Crippen molar-refractivity contribution in [2.75, 3.05) is 40.1 Å². The largest absolute Gasteiger partial charge is 0.349 e. The third-order valence-electron chi connectivity index (χ3n) is 2.11. The van der Waals surface area contributed by atoms with Crippen molar-refractivity contribution in [1.82, 2.24) is 14.8 Å². The molecule has 0 saturated heterocycles. The van der Waals surface area contributed by atoms with Gasteiger partial charge in [0, 0.05) is 34.4 Å². The van der Waals surface area contributed by atoms with E-state index in [2.05, 4.69) is 15.3 Å². The number of carbonyl (C=O) groups excluding carboxylic acids is 1. The first-order valence-corrected chi connectivity index (χ1v) is 5.59. The van der Waals surface area contributed by atoms with E-state index in [4.69, 9.17) is 0 Å². The molecule has 0 aliphatic carbocycles. The molecule has 0 saturated carbocycles. The number of rotatable bonds is 3. The molecule has 0 aliphatic heterocycles. The van der Waals surface area contributed by atoms with Gasteiger partial charge in [-0.2, -0.15) is 0 Å². The zero-order chi connectivity index (χ0) is 13.5. The molecule has 1 heterocycles. The summed E-state index contributed by atoms with van der Waals surface area (Å²) in [6.45, 7) is 0.0839. The fraction of sp³-hybridized carbons (Fsp3) is 0.417. The van der Waals surface area contributed by atoms with Crippen molar-refractivity contribution >= 4 is 41.5 Å². The lowest BCUT2D eigenvalue weighted by Crippen LogP contribution is -2.36. The van der Waals surface area contributed by atoms with E-state index in [-0.39, 0.29) is 36.4 Å². The number of nitrogens with zero attached hydrogens (tertiary/aromatic N) is 4. The van der Waals surface area contributed by atoms with Crippen molar-refractivity contribution in [3.8, 4) is 0 Å². The highest BCUT2D eigenvalue weighted by Gasteiger charge is 2.06. The fourth-order valence-electron chi connectivity index (χ4n) is 1.46. The number of aliphatic imine (C=N–C) groups is 1. The summed E-state index contributed by atoms with van der Waals surface area (Å²) in [5, 5.41) is 2.73. The maximum Gasteiger partial charge on any atom is 0.246 e. The summed E-state index contributed by atoms with van der Waals surface area (Å²) in [7, 11) is 7.55. The van der Waals surface area contributed by atoms with Gasteiger partial charge < -0.3 is 15.1 Å². The van der Waals surface area contributed by atoms with E-state index in [1.54, 1.807) is 24.5 Å². The van der Waals surface area contributed by atoms with Crippen LogP contribution >= 0.6 is 24.0 Å². The number of amides is 1. The predicted octanol–water partition coefficient (Wildman–Crippen LogP) is 1.12. The highest BCUT2D eigenvalue weighted by molar-refractivity contribution is 14.0. The first kappa shape index (κ1) is 17.6. The summed E-state index contributed by atoms with van der Waals surface area (Å²) in [5.41, 5.74) is 0.675. The second-order valence-corrected chi connectivity index (χ2v) is 4.19. The molecule has 0 radical (unpaired) electrons. The summed E-state index contributed by atoms with van der Waals surface area (Å²) in [4.78, 5) is 23.6. The minimum atomic E-state index is -0.163. The fourth-order valence-corrected chi connectivity index (χ4v) is 1.46. The molecule has 0 spiro atoms. The molecule has 19 heavy (non-hydrogen) atoms. The summed E-state index contributed by atoms with van der Waals surface area (Å²) in [6, 6.07) is 3.55. The van der Waals surface area contributed by atoms with Crippen molar-refractivity contribution in [2.45, 2.75) is 0 Å². The summed E-state index contributed by atoms with van der Waals surface area (Å²) in [5.74, 6) is 0.584. The van der Waals surface area contributed by atoms with Crippen LogP contribution in [0, 0.1) is 0 Å². The Labute approximate surface area is 130 Å². The van der Waals surface area contributed by atoms with Gasteiger partial charge in [-0.1, -0.05) is 0 Å². The third-order valence-corrected chi connectivity index (χ3v) is 2.11. The van der Waals surface area contributed by atoms with Crippen LogP contribution in [0.15, 0.2) is 29.5 Å². The number of carbonyl (C=O) groups is 1. The second-order valence-electron chi connectivity index (χ2n) is 4.19. The summed E-state index contributed by atoms with van der Waals surface area (Å²) in [6.07, 6.45) is 3.25. The Bertz CT molecular complexity index is 409. The van der Waals surface area contributed by atoms with Gasteiger partial charge in [-0.05, 0) is 12.1 Å². The van der Waals surface area contributed by atoms with Gasteiger partial charge in [-0.3, -0.25) is 9.78 Å². The Morgan fingerprint density at radius 2 is 1.95 bits per heavy atom. The average molecular weight is 377 g/mol. The molecule has 0 fully saturated rings. The lowest BCUT2D eigenvalue weighted by atomic mass is 10.4. The predicted molar refractivity (Wildman–Crippen MR) is 88.0 cm³/mol. The standard InChI is InChI=1S/C12H19N5O.HI/c1-16(2)12(17(3)4)14-9-11(18)15-10-6-5-7-13-8-10;/h5-8H,9H2,1-4H3,(H,15,18);1H. The first-order chi connectivity index (χ1) is 8.50. The maximum absolute atomic E-state index is 11.7. The molecule has 0 atom stereocenters. The van der Waals surface area contributed by atoms with Gasteiger partial charge in [0.15, 0.2) is 5.96 Å². The van der Waals surface area contributed by atoms with Gasteiger partial charge in [-0.25, -0.2) is 4.99 Å². The highest BCUT2D eigenvalue weighted by atomic mass is 127. The normalized spacial score (nSPS) is 9.05. The van der Waals surface area contributed by atoms with Crippen LogP contribution in [0.2, 0.25) is 0 Å². The Kier molecular flexibility index (Phi) is 8.05. The molecule has 0 unspecified atom stereocenters. The molecular weight excluding hydrogens is 357 g/mol. The maximum atomic E-state index is 11.7. The monoisotopic (exact) mass is 377 g/mol. The van der Waals surface area contributed by atoms with Gasteiger partial charge in [-0.15, -0.1) is 24.0 Å². The van der Waals surface area contributed by atoms with Gasteiger partial charge in [0.05, 0.1) is 11.9 Å². The van der Waals surface area contributed by atoms with Crippen LogP contribution < -0.4 is 5.32 Å². The molecule has 1 aromatic rings. The third kappa shape index (κ3) is 6.37. The molecule has 1 N–H and O–H groups in total. The van der Waals surface area contributed by atoms with E-state index in [0.717, 1.165) is 5.96 Å². The molecule has 1 aromatic heterocycles. The molecule has 1 rings (SSSR count). The lowest BCUT2D eigenvalue weighted by molar-refractivity contribution is -0.114. The van der Waals surface area contributed by atoms with E-state index in [0.29, 0.717) is 5.69 Å². The first-order valence-electron chi connectivity index (χ1n) is 5.59. The lowest BCUT2D eigenvalue weighted by Gasteiger charge is -2.22. The molecule has 0 aromatic carbocycles. The Balaban J connectivity index is 0.00000324. The smallest absolute Gasteiger partial charge is 0.246 e. The molecule has 0 aliphatic rings. The Morgan fingerprint density at radius 3 is 2.42 bits per heavy atom. The number of hydrogen-bond acceptors (Lipinski definition) is 3. The molecule has 0 bridgehead atoms. The molecule has 7 heteroatoms. The van der Waals surface area contributed by atoms with E-state index >= 15 is 0 Å². The van der Waals surface area contributed by atoms with Crippen LogP contribution in [0.3, 0.4) is 0 Å². The van der Waals surface area contributed by atoms with E-state index in [1.807, 2.05) is 38.0 Å². The van der Waals surface area contributed by atoms with Gasteiger partial charge in [0.25, 0.3) is 0 Å². The van der Waals surface area contributed by atoms with Gasteiger partial charge >= 0.3 is 0 Å². The number of hydrogen-bond donors (Lipinski definition) is 1. The van der Waals surface area contributed by atoms with Crippen LogP contribution in [0.25, 0.3) is 0 Å². The van der Waals surface area contributed by atoms with E-state index in [1.165, 1.54) is 0 Å². The number of aromatic nitrogens is 1. The minimum absolute atomic E-state index is 0. The zero-order valence-electron chi connectivity index (χ0n) is 11.6. The van der Waals surface area contributed by atoms with Crippen LogP contribution in [0.1, 0.15) is 0 Å². The van der Waals surface area contributed by atoms with E-state index in [9.17, 15) is 4.79 Å². The van der Waals surface area contributed by atoms with Crippen molar-refractivity contribution < 1.29 is 4.79 Å². The SMILES string of the molecule is CN(C)C(=NCC(=O)Nc1cccnc1)N(C)C.I. The zero-order valence-corrected chi connectivity index (χ0v) is 14.0. The minimum Gasteiger partial charge on any atom is -0.349 e. The molecule has 106 valence electrons.